The Bertz CT molecular complexity index is 1290. The van der Waals surface area contributed by atoms with E-state index in [1.54, 1.807) is 0 Å². The molecule has 1 aliphatic carbocycles. The smallest absolute Gasteiger partial charge is 0.113 e. The van der Waals surface area contributed by atoms with Crippen LogP contribution in [0.1, 0.15) is 50.3 Å². The molecular formula is C30H29ClN2. The fourth-order valence-electron chi connectivity index (χ4n) is 4.53. The maximum Gasteiger partial charge on any atom is 0.113 e. The van der Waals surface area contributed by atoms with Crippen molar-refractivity contribution in [3.63, 3.8) is 0 Å². The van der Waals surface area contributed by atoms with Gasteiger partial charge in [0.05, 0.1) is 0 Å². The maximum atomic E-state index is 5.98. The zero-order valence-corrected chi connectivity index (χ0v) is 19.9. The number of benzene rings is 2. The standard InChI is InChI=1S/C30H29ClN2/c1-2-22(19-23-3-4-23)15-17-33-18-16-26-20-24(6-14-30(26)33)5-12-29-13-9-27(21-32-29)25-7-10-28(31)11-8-25/h6-11,13-14,16,18,20-23H,2-4,15,17,19H2,1H3. The number of rotatable bonds is 7. The Kier molecular flexibility index (Phi) is 6.51. The molecule has 1 fully saturated rings. The SMILES string of the molecule is CCC(CCn1ccc2cc(C#Cc3ccc(-c4ccc(Cl)cc4)cn3)ccc21)CC1CC1. The van der Waals surface area contributed by atoms with Gasteiger partial charge in [-0.25, -0.2) is 4.98 Å². The molecule has 0 spiro atoms. The number of nitrogens with zero attached hydrogens (tertiary/aromatic N) is 2. The van der Waals surface area contributed by atoms with Crippen LogP contribution < -0.4 is 0 Å². The first kappa shape index (κ1) is 21.8. The second kappa shape index (κ2) is 9.86. The zero-order valence-electron chi connectivity index (χ0n) is 19.1. The van der Waals surface area contributed by atoms with E-state index >= 15 is 0 Å². The van der Waals surface area contributed by atoms with Gasteiger partial charge in [0, 0.05) is 46.0 Å². The largest absolute Gasteiger partial charge is 0.347 e. The predicted molar refractivity (Wildman–Crippen MR) is 138 cm³/mol. The lowest BCUT2D eigenvalue weighted by Gasteiger charge is -2.15. The van der Waals surface area contributed by atoms with E-state index in [0.717, 1.165) is 45.8 Å². The van der Waals surface area contributed by atoms with Crippen LogP contribution in [0.25, 0.3) is 22.0 Å². The third kappa shape index (κ3) is 5.49. The van der Waals surface area contributed by atoms with Crippen LogP contribution in [-0.4, -0.2) is 9.55 Å². The summed E-state index contributed by atoms with van der Waals surface area (Å²) >= 11 is 5.98. The molecule has 33 heavy (non-hydrogen) atoms. The van der Waals surface area contributed by atoms with Crippen LogP contribution in [0, 0.1) is 23.7 Å². The summed E-state index contributed by atoms with van der Waals surface area (Å²) in [4.78, 5) is 4.52. The highest BCUT2D eigenvalue weighted by molar-refractivity contribution is 6.30. The summed E-state index contributed by atoms with van der Waals surface area (Å²) in [5, 5.41) is 1.99. The zero-order chi connectivity index (χ0) is 22.6. The summed E-state index contributed by atoms with van der Waals surface area (Å²) in [6.07, 6.45) is 11.0. The van der Waals surface area contributed by atoms with E-state index < -0.39 is 0 Å². The number of aryl methyl sites for hydroxylation is 1. The second-order valence-electron chi connectivity index (χ2n) is 9.21. The Morgan fingerprint density at radius 2 is 1.82 bits per heavy atom. The fraction of sp³-hybridized carbons (Fsp3) is 0.300. The average Bonchev–Trinajstić information content (AvgIpc) is 3.58. The highest BCUT2D eigenvalue weighted by Gasteiger charge is 2.24. The van der Waals surface area contributed by atoms with Crippen molar-refractivity contribution in [2.75, 3.05) is 0 Å². The molecule has 0 N–H and O–H groups in total. The van der Waals surface area contributed by atoms with Crippen molar-refractivity contribution in [1.29, 1.82) is 0 Å². The van der Waals surface area contributed by atoms with E-state index in [9.17, 15) is 0 Å². The summed E-state index contributed by atoms with van der Waals surface area (Å²) in [7, 11) is 0. The molecule has 1 atom stereocenters. The van der Waals surface area contributed by atoms with Crippen LogP contribution in [0.5, 0.6) is 0 Å². The highest BCUT2D eigenvalue weighted by Crippen LogP contribution is 2.37. The molecule has 0 aliphatic heterocycles. The Hall–Kier alpha value is -3.02. The molecule has 2 aromatic carbocycles. The lowest BCUT2D eigenvalue weighted by molar-refractivity contribution is 0.390. The molecule has 166 valence electrons. The minimum absolute atomic E-state index is 0.736. The van der Waals surface area contributed by atoms with Gasteiger partial charge in [-0.2, -0.15) is 0 Å². The van der Waals surface area contributed by atoms with Gasteiger partial charge in [0.1, 0.15) is 5.69 Å². The van der Waals surface area contributed by atoms with E-state index in [4.69, 9.17) is 11.6 Å². The number of aromatic nitrogens is 2. The molecule has 1 aliphatic rings. The van der Waals surface area contributed by atoms with Gasteiger partial charge in [-0.3, -0.25) is 0 Å². The molecule has 1 saturated carbocycles. The van der Waals surface area contributed by atoms with Crippen molar-refractivity contribution in [1.82, 2.24) is 9.55 Å². The molecule has 2 heterocycles. The summed E-state index contributed by atoms with van der Waals surface area (Å²) < 4.78 is 2.40. The third-order valence-corrected chi connectivity index (χ3v) is 7.02. The minimum Gasteiger partial charge on any atom is -0.347 e. The van der Waals surface area contributed by atoms with Crippen LogP contribution in [-0.2, 0) is 6.54 Å². The second-order valence-corrected chi connectivity index (χ2v) is 9.65. The van der Waals surface area contributed by atoms with Gasteiger partial charge >= 0.3 is 0 Å². The van der Waals surface area contributed by atoms with Gasteiger partial charge in [-0.15, -0.1) is 0 Å². The van der Waals surface area contributed by atoms with Crippen LogP contribution in [0.4, 0.5) is 0 Å². The molecule has 0 amide bonds. The van der Waals surface area contributed by atoms with Crippen molar-refractivity contribution >= 4 is 22.5 Å². The van der Waals surface area contributed by atoms with Gasteiger partial charge in [0.25, 0.3) is 0 Å². The molecule has 0 radical (unpaired) electrons. The van der Waals surface area contributed by atoms with Crippen LogP contribution in [0.15, 0.2) is 73.1 Å². The Morgan fingerprint density at radius 3 is 2.55 bits per heavy atom. The molecule has 0 bridgehead atoms. The van der Waals surface area contributed by atoms with Crippen LogP contribution in [0.3, 0.4) is 0 Å². The van der Waals surface area contributed by atoms with Crippen LogP contribution in [0.2, 0.25) is 5.02 Å². The van der Waals surface area contributed by atoms with Gasteiger partial charge in [0.15, 0.2) is 0 Å². The Labute approximate surface area is 201 Å². The summed E-state index contributed by atoms with van der Waals surface area (Å²) in [5.74, 6) is 8.36. The number of pyridine rings is 1. The van der Waals surface area contributed by atoms with Gasteiger partial charge in [-0.05, 0) is 78.6 Å². The van der Waals surface area contributed by atoms with Crippen molar-refractivity contribution in [3.8, 4) is 23.0 Å². The predicted octanol–water partition coefficient (Wildman–Crippen LogP) is 7.97. The van der Waals surface area contributed by atoms with E-state index in [1.165, 1.54) is 43.0 Å². The van der Waals surface area contributed by atoms with E-state index in [1.807, 2.05) is 36.5 Å². The van der Waals surface area contributed by atoms with E-state index in [2.05, 4.69) is 64.8 Å². The molecule has 2 nitrogen and oxygen atoms in total. The molecular weight excluding hydrogens is 424 g/mol. The van der Waals surface area contributed by atoms with Gasteiger partial charge in [-0.1, -0.05) is 61.9 Å². The Balaban J connectivity index is 1.26. The average molecular weight is 453 g/mol. The molecule has 4 aromatic rings. The summed E-state index contributed by atoms with van der Waals surface area (Å²) in [6.45, 7) is 3.44. The first-order chi connectivity index (χ1) is 16.2. The molecule has 5 rings (SSSR count). The molecule has 1 unspecified atom stereocenters. The van der Waals surface area contributed by atoms with E-state index in [0.29, 0.717) is 0 Å². The molecule has 3 heteroatoms. The van der Waals surface area contributed by atoms with Gasteiger partial charge < -0.3 is 4.57 Å². The number of hydrogen-bond donors (Lipinski definition) is 0. The maximum absolute atomic E-state index is 5.98. The molecule has 2 aromatic heterocycles. The third-order valence-electron chi connectivity index (χ3n) is 6.77. The molecule has 0 saturated heterocycles. The minimum atomic E-state index is 0.736. The number of hydrogen-bond acceptors (Lipinski definition) is 1. The van der Waals surface area contributed by atoms with Crippen molar-refractivity contribution in [3.05, 3.63) is 89.3 Å². The first-order valence-electron chi connectivity index (χ1n) is 12.0. The highest BCUT2D eigenvalue weighted by atomic mass is 35.5. The van der Waals surface area contributed by atoms with Crippen LogP contribution >= 0.6 is 11.6 Å². The van der Waals surface area contributed by atoms with E-state index in [-0.39, 0.29) is 0 Å². The lowest BCUT2D eigenvalue weighted by Crippen LogP contribution is -2.06. The monoisotopic (exact) mass is 452 g/mol. The number of fused-ring (bicyclic) bond motifs is 1. The fourth-order valence-corrected chi connectivity index (χ4v) is 4.65. The topological polar surface area (TPSA) is 17.8 Å². The lowest BCUT2D eigenvalue weighted by atomic mass is 9.96. The normalized spacial score (nSPS) is 14.1. The Morgan fingerprint density at radius 1 is 1.00 bits per heavy atom. The van der Waals surface area contributed by atoms with Crippen molar-refractivity contribution in [2.24, 2.45) is 11.8 Å². The van der Waals surface area contributed by atoms with Crippen molar-refractivity contribution in [2.45, 2.75) is 45.6 Å². The van der Waals surface area contributed by atoms with Gasteiger partial charge in [0.2, 0.25) is 0 Å². The van der Waals surface area contributed by atoms with Crippen molar-refractivity contribution < 1.29 is 0 Å². The quantitative estimate of drug-likeness (QED) is 0.260. The summed E-state index contributed by atoms with van der Waals surface area (Å²) in [5.41, 5.74) is 5.24. The number of halogens is 1. The first-order valence-corrected chi connectivity index (χ1v) is 12.4. The summed E-state index contributed by atoms with van der Waals surface area (Å²) in [6, 6.07) is 20.5.